The highest BCUT2D eigenvalue weighted by Crippen LogP contribution is 2.18. The predicted molar refractivity (Wildman–Crippen MR) is 94.0 cm³/mol. The van der Waals surface area contributed by atoms with Crippen molar-refractivity contribution in [2.45, 2.75) is 39.8 Å². The zero-order chi connectivity index (χ0) is 18.0. The maximum absolute atomic E-state index is 12.5. The molecule has 0 saturated heterocycles. The highest BCUT2D eigenvalue weighted by Gasteiger charge is 2.49. The highest BCUT2D eigenvalue weighted by molar-refractivity contribution is 6.62. The molecule has 0 aliphatic carbocycles. The molecule has 7 heteroatoms. The summed E-state index contributed by atoms with van der Waals surface area (Å²) in [5, 5.41) is 2.98. The average molecular weight is 353 g/mol. The van der Waals surface area contributed by atoms with Crippen LogP contribution in [0.5, 0.6) is 0 Å². The van der Waals surface area contributed by atoms with Crippen LogP contribution < -0.4 is 5.32 Å². The predicted octanol–water partition coefficient (Wildman–Crippen LogP) is 2.60. The second-order valence-electron chi connectivity index (χ2n) is 5.08. The smallest absolute Gasteiger partial charge is 0.373 e. The van der Waals surface area contributed by atoms with Gasteiger partial charge in [0.1, 0.15) is 6.29 Å². The van der Waals surface area contributed by atoms with Crippen molar-refractivity contribution in [1.82, 2.24) is 5.32 Å². The molecular formula is C17H27NO5Si. The van der Waals surface area contributed by atoms with Gasteiger partial charge >= 0.3 is 8.80 Å². The van der Waals surface area contributed by atoms with Crippen LogP contribution in [0, 0.1) is 0 Å². The first-order chi connectivity index (χ1) is 11.6. The fourth-order valence-electron chi connectivity index (χ4n) is 2.43. The molecule has 0 saturated carbocycles. The molecule has 0 radical (unpaired) electrons. The minimum absolute atomic E-state index is 0.240. The lowest BCUT2D eigenvalue weighted by atomic mass is 10.1. The van der Waals surface area contributed by atoms with Gasteiger partial charge in [-0.2, -0.15) is 0 Å². The maximum Gasteiger partial charge on any atom is 0.524 e. The standard InChI is InChI=1S/C17H27NO5Si/c1-5-16(24(21-6-2,22-7-3)23-8-4)18-17(20)15-11-9-14(13-19)10-12-15/h9-13,16H,5-8H2,1-4H3,(H,18,20). The Morgan fingerprint density at radius 1 is 1.04 bits per heavy atom. The minimum atomic E-state index is -3.03. The molecule has 0 bridgehead atoms. The SMILES string of the molecule is CCO[Si](OCC)(OCC)C(CC)NC(=O)c1ccc(C=O)cc1. The van der Waals surface area contributed by atoms with E-state index >= 15 is 0 Å². The molecule has 0 aromatic heterocycles. The lowest BCUT2D eigenvalue weighted by Gasteiger charge is -2.35. The molecule has 1 unspecified atom stereocenters. The van der Waals surface area contributed by atoms with Crippen LogP contribution in [0.1, 0.15) is 54.8 Å². The number of amides is 1. The quantitative estimate of drug-likeness (QED) is 0.489. The summed E-state index contributed by atoms with van der Waals surface area (Å²) in [7, 11) is -3.03. The maximum atomic E-state index is 12.5. The van der Waals surface area contributed by atoms with Crippen LogP contribution in [0.15, 0.2) is 24.3 Å². The van der Waals surface area contributed by atoms with Gasteiger partial charge in [-0.15, -0.1) is 0 Å². The summed E-state index contributed by atoms with van der Waals surface area (Å²) in [6, 6.07) is 6.47. The van der Waals surface area contributed by atoms with Gasteiger partial charge in [-0.05, 0) is 39.3 Å². The summed E-state index contributed by atoms with van der Waals surface area (Å²) in [4.78, 5) is 23.2. The van der Waals surface area contributed by atoms with Crippen LogP contribution in [0.2, 0.25) is 0 Å². The van der Waals surface area contributed by atoms with Gasteiger partial charge in [-0.25, -0.2) is 0 Å². The van der Waals surface area contributed by atoms with Crippen molar-refractivity contribution >= 4 is 21.0 Å². The Balaban J connectivity index is 2.98. The Bertz CT molecular complexity index is 503. The molecular weight excluding hydrogens is 326 g/mol. The van der Waals surface area contributed by atoms with Crippen LogP contribution >= 0.6 is 0 Å². The van der Waals surface area contributed by atoms with Crippen molar-refractivity contribution in [2.24, 2.45) is 0 Å². The second kappa shape index (κ2) is 10.3. The van der Waals surface area contributed by atoms with Crippen LogP contribution in [-0.4, -0.2) is 46.5 Å². The molecule has 1 N–H and O–H groups in total. The monoisotopic (exact) mass is 353 g/mol. The Labute approximate surface area is 144 Å². The van der Waals surface area contributed by atoms with Crippen molar-refractivity contribution in [3.63, 3.8) is 0 Å². The Morgan fingerprint density at radius 2 is 1.54 bits per heavy atom. The Kier molecular flexibility index (Phi) is 8.84. The van der Waals surface area contributed by atoms with Crippen LogP contribution in [-0.2, 0) is 13.3 Å². The number of benzene rings is 1. The normalized spacial score (nSPS) is 12.7. The van der Waals surface area contributed by atoms with E-state index in [-0.39, 0.29) is 11.6 Å². The molecule has 1 atom stereocenters. The minimum Gasteiger partial charge on any atom is -0.373 e. The molecule has 1 aromatic rings. The number of hydrogen-bond acceptors (Lipinski definition) is 5. The summed E-state index contributed by atoms with van der Waals surface area (Å²) >= 11 is 0. The number of carbonyl (C=O) groups is 2. The van der Waals surface area contributed by atoms with Gasteiger partial charge in [0.15, 0.2) is 0 Å². The van der Waals surface area contributed by atoms with Gasteiger partial charge in [-0.3, -0.25) is 9.59 Å². The second-order valence-corrected chi connectivity index (χ2v) is 7.85. The van der Waals surface area contributed by atoms with Crippen molar-refractivity contribution < 1.29 is 22.9 Å². The molecule has 0 heterocycles. The van der Waals surface area contributed by atoms with Gasteiger partial charge in [0, 0.05) is 30.9 Å². The summed E-state index contributed by atoms with van der Waals surface area (Å²) < 4.78 is 17.6. The zero-order valence-electron chi connectivity index (χ0n) is 14.8. The Hall–Kier alpha value is -1.54. The number of aldehydes is 1. The van der Waals surface area contributed by atoms with E-state index in [1.54, 1.807) is 24.3 Å². The van der Waals surface area contributed by atoms with Crippen molar-refractivity contribution in [3.05, 3.63) is 35.4 Å². The third-order valence-electron chi connectivity index (χ3n) is 3.49. The van der Waals surface area contributed by atoms with Crippen molar-refractivity contribution in [2.75, 3.05) is 19.8 Å². The Morgan fingerprint density at radius 3 is 1.92 bits per heavy atom. The first-order valence-electron chi connectivity index (χ1n) is 8.34. The van der Waals surface area contributed by atoms with E-state index in [0.717, 1.165) is 6.29 Å². The van der Waals surface area contributed by atoms with E-state index in [1.165, 1.54) is 0 Å². The largest absolute Gasteiger partial charge is 0.524 e. The molecule has 0 aliphatic rings. The first kappa shape index (κ1) is 20.5. The molecule has 1 rings (SSSR count). The van der Waals surface area contributed by atoms with E-state index < -0.39 is 8.80 Å². The lowest BCUT2D eigenvalue weighted by Crippen LogP contribution is -2.62. The fourth-order valence-corrected chi connectivity index (χ4v) is 5.29. The van der Waals surface area contributed by atoms with E-state index in [2.05, 4.69) is 5.32 Å². The molecule has 1 amide bonds. The third kappa shape index (κ3) is 5.24. The van der Waals surface area contributed by atoms with Gasteiger partial charge in [-0.1, -0.05) is 19.1 Å². The van der Waals surface area contributed by atoms with Crippen molar-refractivity contribution in [1.29, 1.82) is 0 Å². The summed E-state index contributed by atoms with van der Waals surface area (Å²) in [6.45, 7) is 8.95. The number of rotatable bonds is 11. The average Bonchev–Trinajstić information content (AvgIpc) is 2.60. The van der Waals surface area contributed by atoms with E-state index in [4.69, 9.17) is 13.3 Å². The van der Waals surface area contributed by atoms with Gasteiger partial charge in [0.2, 0.25) is 0 Å². The van der Waals surface area contributed by atoms with Crippen LogP contribution in [0.3, 0.4) is 0 Å². The molecule has 24 heavy (non-hydrogen) atoms. The molecule has 0 spiro atoms. The van der Waals surface area contributed by atoms with Crippen LogP contribution in [0.25, 0.3) is 0 Å². The van der Waals surface area contributed by atoms with Crippen molar-refractivity contribution in [3.8, 4) is 0 Å². The number of carbonyl (C=O) groups excluding carboxylic acids is 2. The van der Waals surface area contributed by atoms with Gasteiger partial charge in [0.25, 0.3) is 5.91 Å². The third-order valence-corrected chi connectivity index (χ3v) is 6.97. The molecule has 134 valence electrons. The molecule has 6 nitrogen and oxygen atoms in total. The topological polar surface area (TPSA) is 73.9 Å². The van der Waals surface area contributed by atoms with E-state index in [9.17, 15) is 9.59 Å². The zero-order valence-corrected chi connectivity index (χ0v) is 15.8. The van der Waals surface area contributed by atoms with Gasteiger partial charge < -0.3 is 18.6 Å². The lowest BCUT2D eigenvalue weighted by molar-refractivity contribution is 0.0547. The molecule has 0 aliphatic heterocycles. The fraction of sp³-hybridized carbons (Fsp3) is 0.529. The highest BCUT2D eigenvalue weighted by atomic mass is 28.4. The van der Waals surface area contributed by atoms with E-state index in [1.807, 2.05) is 27.7 Å². The molecule has 1 aromatic carbocycles. The van der Waals surface area contributed by atoms with Crippen LogP contribution in [0.4, 0.5) is 0 Å². The first-order valence-corrected chi connectivity index (χ1v) is 10.1. The summed E-state index contributed by atoms with van der Waals surface area (Å²) in [6.07, 6.45) is 1.37. The summed E-state index contributed by atoms with van der Waals surface area (Å²) in [5.41, 5.74) is 0.669. The summed E-state index contributed by atoms with van der Waals surface area (Å²) in [5.74, 6) is -0.240. The van der Waals surface area contributed by atoms with E-state index in [0.29, 0.717) is 37.4 Å². The van der Waals surface area contributed by atoms with Gasteiger partial charge in [0.05, 0.1) is 5.67 Å². The number of nitrogens with one attached hydrogen (secondary N) is 1. The number of hydrogen-bond donors (Lipinski definition) is 1. The molecule has 0 fully saturated rings.